The summed E-state index contributed by atoms with van der Waals surface area (Å²) in [7, 11) is 0. The molecule has 0 saturated carbocycles. The number of ether oxygens (including phenoxy) is 1. The van der Waals surface area contributed by atoms with E-state index in [1.165, 1.54) is 4.90 Å². The highest BCUT2D eigenvalue weighted by molar-refractivity contribution is 5.98. The van der Waals surface area contributed by atoms with Crippen molar-refractivity contribution in [3.8, 4) is 0 Å². The van der Waals surface area contributed by atoms with Crippen LogP contribution in [0.3, 0.4) is 0 Å². The predicted molar refractivity (Wildman–Crippen MR) is 80.0 cm³/mol. The third-order valence-electron chi connectivity index (χ3n) is 2.84. The lowest BCUT2D eigenvalue weighted by Crippen LogP contribution is -3.00. The van der Waals surface area contributed by atoms with Gasteiger partial charge in [0.2, 0.25) is 6.54 Å². The molecule has 7 nitrogen and oxygen atoms in total. The number of pyridine rings is 1. The van der Waals surface area contributed by atoms with E-state index in [0.29, 0.717) is 13.1 Å². The fraction of sp³-hybridized carbons (Fsp3) is 0.467. The van der Waals surface area contributed by atoms with Gasteiger partial charge < -0.3 is 17.1 Å². The molecule has 1 aromatic heterocycles. The number of hydrogen-bond donors (Lipinski definition) is 1. The molecule has 1 aliphatic rings. The van der Waals surface area contributed by atoms with Crippen LogP contribution in [0.25, 0.3) is 0 Å². The molecule has 2 amide bonds. The van der Waals surface area contributed by atoms with Crippen molar-refractivity contribution < 1.29 is 31.3 Å². The Morgan fingerprint density at radius 3 is 2.43 bits per heavy atom. The van der Waals surface area contributed by atoms with Crippen LogP contribution in [0.2, 0.25) is 0 Å². The molecule has 2 heterocycles. The van der Waals surface area contributed by atoms with Crippen LogP contribution in [-0.4, -0.2) is 41.3 Å². The van der Waals surface area contributed by atoms with E-state index < -0.39 is 5.60 Å². The third kappa shape index (κ3) is 6.23. The normalized spacial score (nSPS) is 13.5. The molecule has 2 rings (SSSR count). The van der Waals surface area contributed by atoms with E-state index in [4.69, 9.17) is 4.74 Å². The Labute approximate surface area is 141 Å². The van der Waals surface area contributed by atoms with Gasteiger partial charge in [0.25, 0.3) is 0 Å². The number of carbonyl (C=O) groups excluding carboxylic acids is 2. The highest BCUT2D eigenvalue weighted by atomic mass is 35.5. The van der Waals surface area contributed by atoms with Crippen LogP contribution < -0.4 is 22.4 Å². The highest BCUT2D eigenvalue weighted by Gasteiger charge is 2.30. The molecule has 1 fully saturated rings. The van der Waals surface area contributed by atoms with Gasteiger partial charge in [-0.05, 0) is 20.8 Å². The van der Waals surface area contributed by atoms with Crippen LogP contribution in [0.15, 0.2) is 35.7 Å². The summed E-state index contributed by atoms with van der Waals surface area (Å²) in [5.41, 5.74) is 2.73. The topological polar surface area (TPSA) is 74.9 Å². The number of likely N-dealkylation sites (tertiary alicyclic amines) is 1. The van der Waals surface area contributed by atoms with E-state index >= 15 is 0 Å². The Balaban J connectivity index is 0.00000264. The standard InChI is InChI=1S/C15H20N4O3.ClH/c1-15(2,3)22-14(21)19-9-12(10-19)16-17-13(20)11-18-7-5-4-6-8-18;/h4-8H,9-11H2,1-3H3;1H. The van der Waals surface area contributed by atoms with Gasteiger partial charge in [-0.1, -0.05) is 6.07 Å². The minimum atomic E-state index is -0.509. The monoisotopic (exact) mass is 340 g/mol. The zero-order chi connectivity index (χ0) is 16.2. The maximum atomic E-state index is 11.7. The van der Waals surface area contributed by atoms with Crippen molar-refractivity contribution in [1.29, 1.82) is 0 Å². The predicted octanol–water partition coefficient (Wildman–Crippen LogP) is -2.30. The fourth-order valence-corrected chi connectivity index (χ4v) is 1.80. The summed E-state index contributed by atoms with van der Waals surface area (Å²) >= 11 is 0. The first-order valence-electron chi connectivity index (χ1n) is 7.10. The molecule has 0 bridgehead atoms. The minimum Gasteiger partial charge on any atom is -1.00 e. The number of rotatable bonds is 3. The number of aromatic nitrogens is 1. The van der Waals surface area contributed by atoms with Crippen LogP contribution >= 0.6 is 0 Å². The molecule has 1 aromatic rings. The maximum absolute atomic E-state index is 11.7. The van der Waals surface area contributed by atoms with Gasteiger partial charge >= 0.3 is 12.0 Å². The fourth-order valence-electron chi connectivity index (χ4n) is 1.80. The molecule has 8 heteroatoms. The van der Waals surface area contributed by atoms with Crippen LogP contribution in [0.4, 0.5) is 4.79 Å². The lowest BCUT2D eigenvalue weighted by Gasteiger charge is -2.34. The maximum Gasteiger partial charge on any atom is 0.410 e. The molecule has 1 aliphatic heterocycles. The number of carbonyl (C=O) groups is 2. The van der Waals surface area contributed by atoms with Gasteiger partial charge in [0.05, 0.1) is 18.8 Å². The highest BCUT2D eigenvalue weighted by Crippen LogP contribution is 2.13. The lowest BCUT2D eigenvalue weighted by molar-refractivity contribution is -0.684. The summed E-state index contributed by atoms with van der Waals surface area (Å²) in [4.78, 5) is 25.0. The molecule has 0 unspecified atom stereocenters. The molecular weight excluding hydrogens is 320 g/mol. The molecule has 1 saturated heterocycles. The third-order valence-corrected chi connectivity index (χ3v) is 2.84. The van der Waals surface area contributed by atoms with E-state index in [1.54, 1.807) is 17.0 Å². The average Bonchev–Trinajstić information content (AvgIpc) is 2.35. The van der Waals surface area contributed by atoms with Crippen LogP contribution in [-0.2, 0) is 16.1 Å². The van der Waals surface area contributed by atoms with Crippen LogP contribution in [0.5, 0.6) is 0 Å². The van der Waals surface area contributed by atoms with Crippen molar-refractivity contribution in [2.24, 2.45) is 5.10 Å². The summed E-state index contributed by atoms with van der Waals surface area (Å²) in [5, 5.41) is 4.01. The summed E-state index contributed by atoms with van der Waals surface area (Å²) in [6.45, 7) is 6.43. The van der Waals surface area contributed by atoms with Gasteiger partial charge in [0, 0.05) is 12.1 Å². The SMILES string of the molecule is CC(C)(C)OC(=O)N1CC(=NNC(=O)C[n+]2ccccc2)C1.[Cl-]. The van der Waals surface area contributed by atoms with Gasteiger partial charge in [-0.15, -0.1) is 0 Å². The Kier molecular flexibility index (Phi) is 6.50. The molecule has 0 aromatic carbocycles. The average molecular weight is 341 g/mol. The molecule has 0 aliphatic carbocycles. The van der Waals surface area contributed by atoms with Gasteiger partial charge in [0.1, 0.15) is 5.60 Å². The first kappa shape index (κ1) is 18.9. The number of nitrogens with one attached hydrogen (secondary N) is 1. The zero-order valence-electron chi connectivity index (χ0n) is 13.5. The first-order chi connectivity index (χ1) is 10.3. The van der Waals surface area contributed by atoms with Gasteiger partial charge in [-0.2, -0.15) is 9.67 Å². The van der Waals surface area contributed by atoms with Crippen molar-refractivity contribution in [3.63, 3.8) is 0 Å². The van der Waals surface area contributed by atoms with Gasteiger partial charge in [-0.3, -0.25) is 9.69 Å². The van der Waals surface area contributed by atoms with E-state index in [9.17, 15) is 9.59 Å². The Morgan fingerprint density at radius 2 is 1.87 bits per heavy atom. The molecule has 23 heavy (non-hydrogen) atoms. The largest absolute Gasteiger partial charge is 1.00 e. The van der Waals surface area contributed by atoms with Crippen molar-refractivity contribution >= 4 is 17.7 Å². The molecule has 1 N–H and O–H groups in total. The van der Waals surface area contributed by atoms with Crippen molar-refractivity contribution in [2.45, 2.75) is 32.9 Å². The number of halogens is 1. The Bertz CT molecular complexity index is 576. The number of hydrogen-bond acceptors (Lipinski definition) is 4. The first-order valence-corrected chi connectivity index (χ1v) is 7.10. The molecular formula is C15H21ClN4O3. The molecule has 0 atom stereocenters. The van der Waals surface area contributed by atoms with E-state index in [-0.39, 0.29) is 31.0 Å². The van der Waals surface area contributed by atoms with E-state index in [2.05, 4.69) is 10.5 Å². The van der Waals surface area contributed by atoms with Crippen LogP contribution in [0.1, 0.15) is 20.8 Å². The lowest BCUT2D eigenvalue weighted by atomic mass is 10.2. The second-order valence-corrected chi connectivity index (χ2v) is 6.10. The van der Waals surface area contributed by atoms with E-state index in [1.807, 2.05) is 39.0 Å². The number of amides is 2. The van der Waals surface area contributed by atoms with Crippen LogP contribution in [0, 0.1) is 0 Å². The second kappa shape index (κ2) is 7.92. The van der Waals surface area contributed by atoms with Gasteiger partial charge in [-0.25, -0.2) is 10.2 Å². The van der Waals surface area contributed by atoms with Crippen molar-refractivity contribution in [2.75, 3.05) is 13.1 Å². The second-order valence-electron chi connectivity index (χ2n) is 6.10. The molecule has 0 radical (unpaired) electrons. The smallest absolute Gasteiger partial charge is 0.410 e. The summed E-state index contributed by atoms with van der Waals surface area (Å²) in [5.74, 6) is -0.209. The minimum absolute atomic E-state index is 0. The Morgan fingerprint density at radius 1 is 1.26 bits per heavy atom. The Hall–Kier alpha value is -2.15. The number of nitrogens with zero attached hydrogens (tertiary/aromatic N) is 3. The number of hydrazone groups is 1. The summed E-state index contributed by atoms with van der Waals surface area (Å²) in [6.07, 6.45) is 3.25. The summed E-state index contributed by atoms with van der Waals surface area (Å²) < 4.78 is 6.99. The van der Waals surface area contributed by atoms with Crippen molar-refractivity contribution in [3.05, 3.63) is 30.6 Å². The summed E-state index contributed by atoms with van der Waals surface area (Å²) in [6, 6.07) is 5.59. The van der Waals surface area contributed by atoms with Crippen molar-refractivity contribution in [1.82, 2.24) is 10.3 Å². The zero-order valence-corrected chi connectivity index (χ0v) is 14.2. The molecule has 126 valence electrons. The quantitative estimate of drug-likeness (QED) is 0.497. The van der Waals surface area contributed by atoms with E-state index in [0.717, 1.165) is 5.71 Å². The van der Waals surface area contributed by atoms with Gasteiger partial charge in [0.15, 0.2) is 12.4 Å². The molecule has 0 spiro atoms.